The molecule has 0 aromatic carbocycles. The molecule has 0 spiro atoms. The minimum atomic E-state index is 0.160. The van der Waals surface area contributed by atoms with E-state index in [1.807, 2.05) is 7.05 Å². The van der Waals surface area contributed by atoms with E-state index < -0.39 is 0 Å². The Morgan fingerprint density at radius 1 is 1.42 bits per heavy atom. The summed E-state index contributed by atoms with van der Waals surface area (Å²) in [5.41, 5.74) is 0. The number of aromatic nitrogens is 2. The molecule has 2 rings (SSSR count). The standard InChI is InChI=1S/C13H25N5O/c1-5-11(14-2)13-15-12(16-19-13)8-10-9-17(3)6-7-18(10)4/h10-11,14H,5-9H2,1-4H3. The molecule has 0 saturated carbocycles. The van der Waals surface area contributed by atoms with Crippen LogP contribution in [0.1, 0.15) is 31.1 Å². The highest BCUT2D eigenvalue weighted by atomic mass is 16.5. The first-order valence-electron chi connectivity index (χ1n) is 7.02. The molecule has 0 aliphatic carbocycles. The molecule has 0 amide bonds. The lowest BCUT2D eigenvalue weighted by Crippen LogP contribution is -2.50. The molecule has 1 saturated heterocycles. The van der Waals surface area contributed by atoms with E-state index in [9.17, 15) is 0 Å². The van der Waals surface area contributed by atoms with E-state index >= 15 is 0 Å². The maximum absolute atomic E-state index is 5.36. The lowest BCUT2D eigenvalue weighted by atomic mass is 10.1. The fourth-order valence-corrected chi connectivity index (χ4v) is 2.53. The van der Waals surface area contributed by atoms with Crippen LogP contribution in [0.3, 0.4) is 0 Å². The largest absolute Gasteiger partial charge is 0.338 e. The number of rotatable bonds is 5. The lowest BCUT2D eigenvalue weighted by Gasteiger charge is -2.37. The van der Waals surface area contributed by atoms with Gasteiger partial charge in [-0.3, -0.25) is 0 Å². The molecule has 6 nitrogen and oxygen atoms in total. The third kappa shape index (κ3) is 3.52. The normalized spacial score (nSPS) is 23.7. The van der Waals surface area contributed by atoms with Gasteiger partial charge in [-0.05, 0) is 27.6 Å². The van der Waals surface area contributed by atoms with E-state index in [-0.39, 0.29) is 6.04 Å². The summed E-state index contributed by atoms with van der Waals surface area (Å²) in [5.74, 6) is 1.52. The summed E-state index contributed by atoms with van der Waals surface area (Å²) in [6.45, 7) is 5.39. The van der Waals surface area contributed by atoms with Crippen molar-refractivity contribution in [1.29, 1.82) is 0 Å². The summed E-state index contributed by atoms with van der Waals surface area (Å²) in [6, 6.07) is 0.631. The van der Waals surface area contributed by atoms with Crippen LogP contribution in [0.4, 0.5) is 0 Å². The van der Waals surface area contributed by atoms with Gasteiger partial charge in [0.15, 0.2) is 5.82 Å². The van der Waals surface area contributed by atoms with Crippen molar-refractivity contribution in [2.45, 2.75) is 31.8 Å². The highest BCUT2D eigenvalue weighted by molar-refractivity contribution is 4.96. The van der Waals surface area contributed by atoms with E-state index in [4.69, 9.17) is 4.52 Å². The van der Waals surface area contributed by atoms with Gasteiger partial charge in [0, 0.05) is 32.1 Å². The topological polar surface area (TPSA) is 57.4 Å². The molecule has 0 bridgehead atoms. The van der Waals surface area contributed by atoms with Gasteiger partial charge >= 0.3 is 0 Å². The first kappa shape index (κ1) is 14.4. The lowest BCUT2D eigenvalue weighted by molar-refractivity contribution is 0.113. The SMILES string of the molecule is CCC(NC)c1nc(CC2CN(C)CCN2C)no1. The van der Waals surface area contributed by atoms with Crippen LogP contribution >= 0.6 is 0 Å². The minimum Gasteiger partial charge on any atom is -0.338 e. The average Bonchev–Trinajstić information content (AvgIpc) is 2.84. The summed E-state index contributed by atoms with van der Waals surface area (Å²) >= 11 is 0. The fourth-order valence-electron chi connectivity index (χ4n) is 2.53. The van der Waals surface area contributed by atoms with E-state index in [0.29, 0.717) is 11.9 Å². The third-order valence-electron chi connectivity index (χ3n) is 3.94. The Hall–Kier alpha value is -0.980. The van der Waals surface area contributed by atoms with Crippen molar-refractivity contribution in [3.8, 4) is 0 Å². The zero-order chi connectivity index (χ0) is 13.8. The number of likely N-dealkylation sites (N-methyl/N-ethyl adjacent to an activating group) is 2. The smallest absolute Gasteiger partial charge is 0.243 e. The predicted octanol–water partition coefficient (Wildman–Crippen LogP) is 0.528. The highest BCUT2D eigenvalue weighted by Gasteiger charge is 2.25. The van der Waals surface area contributed by atoms with Crippen molar-refractivity contribution in [2.24, 2.45) is 0 Å². The molecule has 1 aliphatic heterocycles. The van der Waals surface area contributed by atoms with Crippen LogP contribution in [0.15, 0.2) is 4.52 Å². The third-order valence-corrected chi connectivity index (χ3v) is 3.94. The Morgan fingerprint density at radius 3 is 2.89 bits per heavy atom. The Bertz CT molecular complexity index is 390. The molecule has 1 aliphatic rings. The number of hydrogen-bond acceptors (Lipinski definition) is 6. The second kappa shape index (κ2) is 6.45. The Kier molecular flexibility index (Phi) is 4.90. The van der Waals surface area contributed by atoms with Gasteiger partial charge < -0.3 is 19.6 Å². The van der Waals surface area contributed by atoms with E-state index in [1.54, 1.807) is 0 Å². The molecule has 1 N–H and O–H groups in total. The van der Waals surface area contributed by atoms with Crippen LogP contribution in [0.5, 0.6) is 0 Å². The maximum atomic E-state index is 5.36. The van der Waals surface area contributed by atoms with E-state index in [0.717, 1.165) is 38.3 Å². The van der Waals surface area contributed by atoms with Crippen LogP contribution < -0.4 is 5.32 Å². The van der Waals surface area contributed by atoms with E-state index in [1.165, 1.54) is 0 Å². The van der Waals surface area contributed by atoms with E-state index in [2.05, 4.69) is 46.3 Å². The summed E-state index contributed by atoms with van der Waals surface area (Å²) in [4.78, 5) is 9.26. The summed E-state index contributed by atoms with van der Waals surface area (Å²) < 4.78 is 5.36. The minimum absolute atomic E-state index is 0.160. The van der Waals surface area contributed by atoms with Crippen molar-refractivity contribution in [2.75, 3.05) is 40.8 Å². The summed E-state index contributed by atoms with van der Waals surface area (Å²) in [5, 5.41) is 7.30. The Balaban J connectivity index is 1.99. The van der Waals surface area contributed by atoms with Crippen LogP contribution in [-0.4, -0.2) is 66.8 Å². The van der Waals surface area contributed by atoms with Crippen molar-refractivity contribution in [3.63, 3.8) is 0 Å². The number of nitrogens with zero attached hydrogens (tertiary/aromatic N) is 4. The number of hydrogen-bond donors (Lipinski definition) is 1. The molecule has 1 aromatic heterocycles. The zero-order valence-electron chi connectivity index (χ0n) is 12.4. The first-order chi connectivity index (χ1) is 9.13. The molecule has 1 aromatic rings. The first-order valence-corrected chi connectivity index (χ1v) is 7.02. The average molecular weight is 267 g/mol. The molecule has 19 heavy (non-hydrogen) atoms. The molecule has 1 fully saturated rings. The van der Waals surface area contributed by atoms with Crippen LogP contribution in [0, 0.1) is 0 Å². The van der Waals surface area contributed by atoms with Gasteiger partial charge in [-0.15, -0.1) is 0 Å². The van der Waals surface area contributed by atoms with Crippen LogP contribution in [0.25, 0.3) is 0 Å². The molecule has 6 heteroatoms. The molecular formula is C13H25N5O. The second-order valence-electron chi connectivity index (χ2n) is 5.40. The monoisotopic (exact) mass is 267 g/mol. The van der Waals surface area contributed by atoms with Crippen molar-refractivity contribution < 1.29 is 4.52 Å². The Morgan fingerprint density at radius 2 is 2.21 bits per heavy atom. The molecule has 2 atom stereocenters. The van der Waals surface area contributed by atoms with Gasteiger partial charge in [-0.1, -0.05) is 12.1 Å². The summed E-state index contributed by atoms with van der Waals surface area (Å²) in [6.07, 6.45) is 1.80. The second-order valence-corrected chi connectivity index (χ2v) is 5.40. The molecule has 2 unspecified atom stereocenters. The number of piperazine rings is 1. The van der Waals surface area contributed by atoms with Crippen LogP contribution in [-0.2, 0) is 6.42 Å². The van der Waals surface area contributed by atoms with Gasteiger partial charge in [-0.2, -0.15) is 4.98 Å². The highest BCUT2D eigenvalue weighted by Crippen LogP contribution is 2.16. The molecule has 0 radical (unpaired) electrons. The quantitative estimate of drug-likeness (QED) is 0.840. The van der Waals surface area contributed by atoms with Gasteiger partial charge in [0.1, 0.15) is 0 Å². The van der Waals surface area contributed by atoms with Gasteiger partial charge in [0.05, 0.1) is 6.04 Å². The fraction of sp³-hybridized carbons (Fsp3) is 0.846. The van der Waals surface area contributed by atoms with Crippen molar-refractivity contribution >= 4 is 0 Å². The predicted molar refractivity (Wildman–Crippen MR) is 74.0 cm³/mol. The molecular weight excluding hydrogens is 242 g/mol. The van der Waals surface area contributed by atoms with Gasteiger partial charge in [-0.25, -0.2) is 0 Å². The van der Waals surface area contributed by atoms with Gasteiger partial charge in [0.2, 0.25) is 5.89 Å². The van der Waals surface area contributed by atoms with Gasteiger partial charge in [0.25, 0.3) is 0 Å². The van der Waals surface area contributed by atoms with Crippen LogP contribution in [0.2, 0.25) is 0 Å². The molecule has 108 valence electrons. The van der Waals surface area contributed by atoms with Crippen molar-refractivity contribution in [1.82, 2.24) is 25.3 Å². The van der Waals surface area contributed by atoms with Crippen molar-refractivity contribution in [3.05, 3.63) is 11.7 Å². The number of nitrogens with one attached hydrogen (secondary N) is 1. The molecule has 2 heterocycles. The summed E-state index contributed by atoms with van der Waals surface area (Å²) in [7, 11) is 6.25. The zero-order valence-corrected chi connectivity index (χ0v) is 12.4. The maximum Gasteiger partial charge on any atom is 0.243 e. The Labute approximate surface area is 115 Å².